The van der Waals surface area contributed by atoms with Gasteiger partial charge in [-0.1, -0.05) is 12.1 Å². The molecule has 1 aliphatic heterocycles. The van der Waals surface area contributed by atoms with Crippen LogP contribution in [0.25, 0.3) is 0 Å². The maximum absolute atomic E-state index is 8.64. The summed E-state index contributed by atoms with van der Waals surface area (Å²) >= 11 is 0. The molecule has 1 saturated heterocycles. The number of pyridine rings is 1. The lowest BCUT2D eigenvalue weighted by atomic mass is 10.0. The number of rotatable bonds is 4. The minimum atomic E-state index is 0.0861. The molecule has 2 heterocycles. The van der Waals surface area contributed by atoms with Crippen LogP contribution in [0.3, 0.4) is 0 Å². The van der Waals surface area contributed by atoms with Crippen LogP contribution >= 0.6 is 0 Å². The van der Waals surface area contributed by atoms with Crippen LogP contribution in [0.2, 0.25) is 0 Å². The number of anilines is 1. The first-order valence-electron chi connectivity index (χ1n) is 7.04. The molecule has 0 aliphatic carbocycles. The van der Waals surface area contributed by atoms with Gasteiger partial charge in [-0.3, -0.25) is 0 Å². The minimum Gasteiger partial charge on any atom is -0.409 e. The predicted molar refractivity (Wildman–Crippen MR) is 80.3 cm³/mol. The summed E-state index contributed by atoms with van der Waals surface area (Å²) < 4.78 is 0. The van der Waals surface area contributed by atoms with Crippen molar-refractivity contribution in [2.24, 2.45) is 10.9 Å². The Labute approximate surface area is 119 Å². The van der Waals surface area contributed by atoms with Gasteiger partial charge in [0.2, 0.25) is 0 Å². The maximum atomic E-state index is 8.64. The second-order valence-corrected chi connectivity index (χ2v) is 5.17. The lowest BCUT2D eigenvalue weighted by Gasteiger charge is -2.36. The quantitative estimate of drug-likeness (QED) is 0.373. The molecular weight excluding hydrogens is 254 g/mol. The largest absolute Gasteiger partial charge is 0.409 e. The topological polar surface area (TPSA) is 78.0 Å². The fourth-order valence-electron chi connectivity index (χ4n) is 2.61. The molecular formula is C14H23N5O. The van der Waals surface area contributed by atoms with Gasteiger partial charge in [0.05, 0.1) is 0 Å². The molecule has 0 atom stereocenters. The summed E-state index contributed by atoms with van der Waals surface area (Å²) in [6.45, 7) is 5.63. The fourth-order valence-corrected chi connectivity index (χ4v) is 2.61. The van der Waals surface area contributed by atoms with E-state index in [1.54, 1.807) is 6.20 Å². The summed E-state index contributed by atoms with van der Waals surface area (Å²) in [6.07, 6.45) is 3.96. The molecule has 3 N–H and O–H groups in total. The molecule has 0 saturated carbocycles. The Kier molecular flexibility index (Phi) is 4.79. The summed E-state index contributed by atoms with van der Waals surface area (Å²) in [4.78, 5) is 9.10. The molecule has 0 bridgehead atoms. The molecule has 1 aliphatic rings. The lowest BCUT2D eigenvalue weighted by Crippen LogP contribution is -2.43. The van der Waals surface area contributed by atoms with Crippen molar-refractivity contribution < 1.29 is 5.21 Å². The van der Waals surface area contributed by atoms with Gasteiger partial charge in [0.25, 0.3) is 0 Å². The van der Waals surface area contributed by atoms with Gasteiger partial charge < -0.3 is 20.7 Å². The van der Waals surface area contributed by atoms with Crippen molar-refractivity contribution in [1.82, 2.24) is 9.88 Å². The van der Waals surface area contributed by atoms with Crippen LogP contribution in [-0.4, -0.2) is 53.7 Å². The Morgan fingerprint density at radius 1 is 1.50 bits per heavy atom. The Morgan fingerprint density at radius 2 is 2.20 bits per heavy atom. The molecule has 0 unspecified atom stereocenters. The van der Waals surface area contributed by atoms with Crippen LogP contribution in [0.15, 0.2) is 23.5 Å². The van der Waals surface area contributed by atoms with Crippen molar-refractivity contribution in [2.75, 3.05) is 31.6 Å². The standard InChI is InChI=1S/C14H23N5O/c1-3-19-8-6-12(7-9-19)18(2)13-5-4-11(10-16-13)14(15)17-20/h4-5,10,12,20H,3,6-9H2,1-2H3,(H2,15,17). The second kappa shape index (κ2) is 6.56. The zero-order valence-corrected chi connectivity index (χ0v) is 12.2. The first-order chi connectivity index (χ1) is 9.65. The van der Waals surface area contributed by atoms with E-state index in [0.717, 1.165) is 38.3 Å². The number of nitrogens with two attached hydrogens (primary N) is 1. The average Bonchev–Trinajstić information content (AvgIpc) is 2.53. The van der Waals surface area contributed by atoms with Gasteiger partial charge in [0.1, 0.15) is 5.82 Å². The summed E-state index contributed by atoms with van der Waals surface area (Å²) in [6, 6.07) is 4.27. The van der Waals surface area contributed by atoms with E-state index >= 15 is 0 Å². The molecule has 6 heteroatoms. The highest BCUT2D eigenvalue weighted by Crippen LogP contribution is 2.20. The number of hydrogen-bond donors (Lipinski definition) is 2. The molecule has 1 aromatic rings. The minimum absolute atomic E-state index is 0.0861. The van der Waals surface area contributed by atoms with Gasteiger partial charge in [-0.05, 0) is 31.5 Å². The van der Waals surface area contributed by atoms with E-state index in [2.05, 4.69) is 33.9 Å². The molecule has 0 aromatic carbocycles. The van der Waals surface area contributed by atoms with Crippen LogP contribution in [0.5, 0.6) is 0 Å². The summed E-state index contributed by atoms with van der Waals surface area (Å²) in [7, 11) is 2.08. The normalized spacial score (nSPS) is 18.2. The van der Waals surface area contributed by atoms with Gasteiger partial charge >= 0.3 is 0 Å². The van der Waals surface area contributed by atoms with Gasteiger partial charge in [-0.25, -0.2) is 4.98 Å². The van der Waals surface area contributed by atoms with Gasteiger partial charge in [0.15, 0.2) is 5.84 Å². The van der Waals surface area contributed by atoms with Gasteiger partial charge in [0, 0.05) is 37.9 Å². The summed E-state index contributed by atoms with van der Waals surface area (Å²) in [5.74, 6) is 1.01. The first kappa shape index (κ1) is 14.6. The Morgan fingerprint density at radius 3 is 2.70 bits per heavy atom. The third-order valence-electron chi connectivity index (χ3n) is 4.06. The van der Waals surface area contributed by atoms with Crippen molar-refractivity contribution in [3.8, 4) is 0 Å². The molecule has 1 fully saturated rings. The van der Waals surface area contributed by atoms with Crippen molar-refractivity contribution in [3.05, 3.63) is 23.9 Å². The maximum Gasteiger partial charge on any atom is 0.171 e. The molecule has 2 rings (SSSR count). The zero-order chi connectivity index (χ0) is 14.5. The van der Waals surface area contributed by atoms with Crippen LogP contribution in [-0.2, 0) is 0 Å². The van der Waals surface area contributed by atoms with Crippen molar-refractivity contribution >= 4 is 11.7 Å². The fraction of sp³-hybridized carbons (Fsp3) is 0.571. The number of piperidine rings is 1. The number of nitrogens with zero attached hydrogens (tertiary/aromatic N) is 4. The van der Waals surface area contributed by atoms with E-state index in [-0.39, 0.29) is 5.84 Å². The van der Waals surface area contributed by atoms with E-state index in [1.165, 1.54) is 0 Å². The Hall–Kier alpha value is -1.82. The average molecular weight is 277 g/mol. The summed E-state index contributed by atoms with van der Waals surface area (Å²) in [5, 5.41) is 11.6. The number of hydrogen-bond acceptors (Lipinski definition) is 5. The highest BCUT2D eigenvalue weighted by atomic mass is 16.4. The van der Waals surface area contributed by atoms with E-state index in [4.69, 9.17) is 10.9 Å². The summed E-state index contributed by atoms with van der Waals surface area (Å²) in [5.41, 5.74) is 6.16. The molecule has 20 heavy (non-hydrogen) atoms. The molecule has 110 valence electrons. The Bertz CT molecular complexity index is 451. The second-order valence-electron chi connectivity index (χ2n) is 5.17. The molecule has 0 amide bonds. The number of likely N-dealkylation sites (tertiary alicyclic amines) is 1. The number of oxime groups is 1. The molecule has 1 aromatic heterocycles. The lowest BCUT2D eigenvalue weighted by molar-refractivity contribution is 0.220. The Balaban J connectivity index is 2.01. The SMILES string of the molecule is CCN1CCC(N(C)c2ccc(C(N)=NO)cn2)CC1. The monoisotopic (exact) mass is 277 g/mol. The van der Waals surface area contributed by atoms with Crippen molar-refractivity contribution in [2.45, 2.75) is 25.8 Å². The van der Waals surface area contributed by atoms with Crippen LogP contribution in [0.4, 0.5) is 5.82 Å². The van der Waals surface area contributed by atoms with Gasteiger partial charge in [-0.2, -0.15) is 0 Å². The van der Waals surface area contributed by atoms with Gasteiger partial charge in [-0.15, -0.1) is 0 Å². The molecule has 6 nitrogen and oxygen atoms in total. The highest BCUT2D eigenvalue weighted by molar-refractivity contribution is 5.96. The van der Waals surface area contributed by atoms with E-state index in [0.29, 0.717) is 11.6 Å². The van der Waals surface area contributed by atoms with E-state index in [9.17, 15) is 0 Å². The first-order valence-corrected chi connectivity index (χ1v) is 7.04. The number of aromatic nitrogens is 1. The van der Waals surface area contributed by atoms with Crippen LogP contribution in [0, 0.1) is 0 Å². The van der Waals surface area contributed by atoms with Crippen LogP contribution in [0.1, 0.15) is 25.3 Å². The third kappa shape index (κ3) is 3.19. The predicted octanol–water partition coefficient (Wildman–Crippen LogP) is 1.10. The van der Waals surface area contributed by atoms with Crippen molar-refractivity contribution in [3.63, 3.8) is 0 Å². The third-order valence-corrected chi connectivity index (χ3v) is 4.06. The number of amidine groups is 1. The zero-order valence-electron chi connectivity index (χ0n) is 12.2. The van der Waals surface area contributed by atoms with E-state index in [1.807, 2.05) is 12.1 Å². The van der Waals surface area contributed by atoms with E-state index < -0.39 is 0 Å². The highest BCUT2D eigenvalue weighted by Gasteiger charge is 2.22. The van der Waals surface area contributed by atoms with Crippen molar-refractivity contribution in [1.29, 1.82) is 0 Å². The van der Waals surface area contributed by atoms with Crippen LogP contribution < -0.4 is 10.6 Å². The molecule has 0 radical (unpaired) electrons. The molecule has 0 spiro atoms. The smallest absolute Gasteiger partial charge is 0.171 e.